The Morgan fingerprint density at radius 3 is 2.30 bits per heavy atom. The second kappa shape index (κ2) is 8.87. The predicted octanol–water partition coefficient (Wildman–Crippen LogP) is 6.02. The molecule has 6 rings (SSSR count). The second-order valence-electron chi connectivity index (χ2n) is 9.27. The van der Waals surface area contributed by atoms with Gasteiger partial charge in [-0.05, 0) is 66.1 Å². The minimum atomic E-state index is -1.34. The number of aromatic nitrogens is 3. The lowest BCUT2D eigenvalue weighted by atomic mass is 9.73. The first-order chi connectivity index (χ1) is 17.8. The molecule has 2 aliphatic rings. The minimum absolute atomic E-state index is 0.0999. The molecule has 1 N–H and O–H groups in total. The molecule has 1 spiro atoms. The Labute approximate surface area is 227 Å². The molecule has 4 aromatic rings. The fourth-order valence-corrected chi connectivity index (χ4v) is 5.65. The number of amides is 2. The molecule has 1 unspecified atom stereocenters. The Morgan fingerprint density at radius 1 is 0.946 bits per heavy atom. The summed E-state index contributed by atoms with van der Waals surface area (Å²) in [6.07, 6.45) is -0.0999. The van der Waals surface area contributed by atoms with Crippen LogP contribution in [-0.2, 0) is 21.5 Å². The summed E-state index contributed by atoms with van der Waals surface area (Å²) in [7, 11) is 0. The maximum Gasteiger partial charge on any atom is 0.244 e. The molecule has 2 atom stereocenters. The molecule has 186 valence electrons. The summed E-state index contributed by atoms with van der Waals surface area (Å²) in [6.45, 7) is 2.25. The maximum absolute atomic E-state index is 14.3. The van der Waals surface area contributed by atoms with E-state index in [0.29, 0.717) is 44.4 Å². The number of anilines is 2. The third-order valence-electron chi connectivity index (χ3n) is 7.07. The van der Waals surface area contributed by atoms with Crippen molar-refractivity contribution in [1.29, 1.82) is 0 Å². The molecule has 37 heavy (non-hydrogen) atoms. The first kappa shape index (κ1) is 24.0. The highest BCUT2D eigenvalue weighted by atomic mass is 35.5. The number of nitrogens with one attached hydrogen (secondary N) is 1. The van der Waals surface area contributed by atoms with Crippen molar-refractivity contribution < 1.29 is 9.59 Å². The third kappa shape index (κ3) is 3.81. The molecule has 0 fully saturated rings. The van der Waals surface area contributed by atoms with Gasteiger partial charge in [0.05, 0.1) is 19.0 Å². The standard InChI is InChI=1S/C27H20Cl3N5O2/c1-15(17-4-8-19(29)9-5-17)35-25-24(32-33-35)27(13-23(36)31-25)21-12-20(30)10-11-22(21)34(26(27)37)14-16-2-6-18(28)7-3-16/h2-12,15H,13-14H2,1H3,(H,31,36)/t15?,27-/m1/s1. The van der Waals surface area contributed by atoms with Gasteiger partial charge in [0.15, 0.2) is 5.82 Å². The van der Waals surface area contributed by atoms with Gasteiger partial charge in [-0.15, -0.1) is 5.10 Å². The van der Waals surface area contributed by atoms with Crippen molar-refractivity contribution in [3.05, 3.63) is 104 Å². The average Bonchev–Trinajstić information content (AvgIpc) is 3.39. The number of nitrogens with zero attached hydrogens (tertiary/aromatic N) is 4. The molecule has 1 aromatic heterocycles. The van der Waals surface area contributed by atoms with Gasteiger partial charge >= 0.3 is 0 Å². The molecule has 0 radical (unpaired) electrons. The van der Waals surface area contributed by atoms with Crippen LogP contribution in [0.3, 0.4) is 0 Å². The average molecular weight is 553 g/mol. The van der Waals surface area contributed by atoms with E-state index in [2.05, 4.69) is 15.6 Å². The van der Waals surface area contributed by atoms with Gasteiger partial charge < -0.3 is 10.2 Å². The summed E-state index contributed by atoms with van der Waals surface area (Å²) < 4.78 is 1.64. The van der Waals surface area contributed by atoms with Crippen LogP contribution in [0.2, 0.25) is 15.1 Å². The molecular weight excluding hydrogens is 533 g/mol. The molecule has 3 heterocycles. The smallest absolute Gasteiger partial charge is 0.244 e. The molecule has 2 aliphatic heterocycles. The van der Waals surface area contributed by atoms with E-state index in [1.54, 1.807) is 46.0 Å². The van der Waals surface area contributed by atoms with E-state index in [9.17, 15) is 9.59 Å². The fraction of sp³-hybridized carbons (Fsp3) is 0.185. The predicted molar refractivity (Wildman–Crippen MR) is 143 cm³/mol. The third-order valence-corrected chi connectivity index (χ3v) is 7.81. The van der Waals surface area contributed by atoms with Crippen LogP contribution in [0.5, 0.6) is 0 Å². The van der Waals surface area contributed by atoms with Crippen LogP contribution >= 0.6 is 34.8 Å². The summed E-state index contributed by atoms with van der Waals surface area (Å²) >= 11 is 18.5. The van der Waals surface area contributed by atoms with Gasteiger partial charge in [0.25, 0.3) is 0 Å². The van der Waals surface area contributed by atoms with E-state index >= 15 is 0 Å². The van der Waals surface area contributed by atoms with Gasteiger partial charge in [-0.2, -0.15) is 0 Å². The van der Waals surface area contributed by atoms with E-state index < -0.39 is 5.41 Å². The van der Waals surface area contributed by atoms with Crippen LogP contribution in [0.1, 0.15) is 41.8 Å². The Hall–Kier alpha value is -3.39. The summed E-state index contributed by atoms with van der Waals surface area (Å²) in [5, 5.41) is 13.5. The Bertz CT molecular complexity index is 1550. The van der Waals surface area contributed by atoms with Gasteiger partial charge in [0, 0.05) is 20.8 Å². The Balaban J connectivity index is 1.49. The molecule has 3 aromatic carbocycles. The minimum Gasteiger partial charge on any atom is -0.309 e. The first-order valence-electron chi connectivity index (χ1n) is 11.7. The number of hydrogen-bond donors (Lipinski definition) is 1. The molecule has 0 aliphatic carbocycles. The Kier molecular flexibility index (Phi) is 5.75. The van der Waals surface area contributed by atoms with Crippen molar-refractivity contribution in [2.24, 2.45) is 0 Å². The number of carbonyl (C=O) groups excluding carboxylic acids is 2. The van der Waals surface area contributed by atoms with Crippen molar-refractivity contribution >= 4 is 58.1 Å². The van der Waals surface area contributed by atoms with Gasteiger partial charge in [0.2, 0.25) is 11.8 Å². The largest absolute Gasteiger partial charge is 0.309 e. The zero-order chi connectivity index (χ0) is 25.9. The number of halogens is 3. The van der Waals surface area contributed by atoms with Gasteiger partial charge in [0.1, 0.15) is 11.1 Å². The number of rotatable bonds is 4. The van der Waals surface area contributed by atoms with Gasteiger partial charge in [-0.1, -0.05) is 64.3 Å². The van der Waals surface area contributed by atoms with E-state index in [1.165, 1.54) is 0 Å². The van der Waals surface area contributed by atoms with Crippen LogP contribution in [-0.4, -0.2) is 26.8 Å². The second-order valence-corrected chi connectivity index (χ2v) is 10.6. The molecule has 7 nitrogen and oxygen atoms in total. The lowest BCUT2D eigenvalue weighted by Crippen LogP contribution is -2.47. The fourth-order valence-electron chi connectivity index (χ4n) is 5.22. The van der Waals surface area contributed by atoms with Crippen molar-refractivity contribution in [2.45, 2.75) is 31.3 Å². The highest BCUT2D eigenvalue weighted by molar-refractivity contribution is 6.31. The number of carbonyl (C=O) groups is 2. The van der Waals surface area contributed by atoms with E-state index in [-0.39, 0.29) is 24.3 Å². The SMILES string of the molecule is CC(c1ccc(Cl)cc1)n1nnc2c1NC(=O)C[C@]21C(=O)N(Cc2ccc(Cl)cc2)c2ccc(Cl)cc21. The van der Waals surface area contributed by atoms with Crippen LogP contribution in [0, 0.1) is 0 Å². The van der Waals surface area contributed by atoms with Crippen LogP contribution < -0.4 is 10.2 Å². The topological polar surface area (TPSA) is 80.1 Å². The zero-order valence-corrected chi connectivity index (χ0v) is 21.8. The molecule has 0 bridgehead atoms. The van der Waals surface area contributed by atoms with Crippen LogP contribution in [0.15, 0.2) is 66.7 Å². The van der Waals surface area contributed by atoms with Crippen LogP contribution in [0.25, 0.3) is 0 Å². The number of fused-ring (bicyclic) bond motifs is 4. The van der Waals surface area contributed by atoms with Gasteiger partial charge in [-0.3, -0.25) is 9.59 Å². The van der Waals surface area contributed by atoms with Gasteiger partial charge in [-0.25, -0.2) is 4.68 Å². The molecule has 0 saturated heterocycles. The normalized spacial score (nSPS) is 19.1. The lowest BCUT2D eigenvalue weighted by molar-refractivity contribution is -0.126. The molecule has 2 amide bonds. The van der Waals surface area contributed by atoms with Crippen molar-refractivity contribution in [1.82, 2.24) is 15.0 Å². The van der Waals surface area contributed by atoms with E-state index in [0.717, 1.165) is 11.1 Å². The van der Waals surface area contributed by atoms with Crippen LogP contribution in [0.4, 0.5) is 11.5 Å². The maximum atomic E-state index is 14.3. The number of hydrogen-bond acceptors (Lipinski definition) is 4. The molecular formula is C27H20Cl3N5O2. The number of benzene rings is 3. The van der Waals surface area contributed by atoms with E-state index in [4.69, 9.17) is 34.8 Å². The highest BCUT2D eigenvalue weighted by Gasteiger charge is 2.58. The zero-order valence-electron chi connectivity index (χ0n) is 19.6. The summed E-state index contributed by atoms with van der Waals surface area (Å²) in [4.78, 5) is 29.1. The quantitative estimate of drug-likeness (QED) is 0.336. The first-order valence-corrected chi connectivity index (χ1v) is 12.8. The highest BCUT2D eigenvalue weighted by Crippen LogP contribution is 2.52. The molecule has 10 heteroatoms. The Morgan fingerprint density at radius 2 is 1.59 bits per heavy atom. The van der Waals surface area contributed by atoms with Crippen molar-refractivity contribution in [3.8, 4) is 0 Å². The molecule has 0 saturated carbocycles. The monoisotopic (exact) mass is 551 g/mol. The van der Waals surface area contributed by atoms with Crippen molar-refractivity contribution in [3.63, 3.8) is 0 Å². The lowest BCUT2D eigenvalue weighted by Gasteiger charge is -2.31. The summed E-state index contributed by atoms with van der Waals surface area (Å²) in [5.74, 6) is -0.152. The van der Waals surface area contributed by atoms with E-state index in [1.807, 2.05) is 37.3 Å². The van der Waals surface area contributed by atoms with Crippen molar-refractivity contribution in [2.75, 3.05) is 10.2 Å². The summed E-state index contributed by atoms with van der Waals surface area (Å²) in [6, 6.07) is 19.7. The summed E-state index contributed by atoms with van der Waals surface area (Å²) in [5.41, 5.74) is 2.21.